The van der Waals surface area contributed by atoms with E-state index in [1.54, 1.807) is 42.5 Å². The van der Waals surface area contributed by atoms with Gasteiger partial charge in [0.15, 0.2) is 0 Å². The zero-order valence-electron chi connectivity index (χ0n) is 14.8. The zero-order valence-corrected chi connectivity index (χ0v) is 14.8. The summed E-state index contributed by atoms with van der Waals surface area (Å²) in [5, 5.41) is 0. The molecule has 0 saturated heterocycles. The van der Waals surface area contributed by atoms with Crippen LogP contribution in [0.5, 0.6) is 11.5 Å². The number of fused-ring (bicyclic) bond motifs is 1. The van der Waals surface area contributed by atoms with Gasteiger partial charge in [0.1, 0.15) is 17.3 Å². The van der Waals surface area contributed by atoms with Gasteiger partial charge >= 0.3 is 6.18 Å². The van der Waals surface area contributed by atoms with Crippen molar-refractivity contribution in [1.29, 1.82) is 0 Å². The van der Waals surface area contributed by atoms with Crippen molar-refractivity contribution in [3.05, 3.63) is 77.9 Å². The van der Waals surface area contributed by atoms with Gasteiger partial charge in [-0.3, -0.25) is 4.79 Å². The van der Waals surface area contributed by atoms with E-state index in [0.717, 1.165) is 23.2 Å². The SMILES string of the molecule is NC(=O)c1ccc2[nH]c(-c3ccc(Oc4ccc(C(F)(F)F)cc4)cc3)nc2c1. The predicted octanol–water partition coefficient (Wildman–Crippen LogP) is 5.14. The Morgan fingerprint density at radius 1 is 0.931 bits per heavy atom. The molecule has 0 unspecified atom stereocenters. The Morgan fingerprint density at radius 3 is 2.14 bits per heavy atom. The number of aromatic nitrogens is 2. The van der Waals surface area contributed by atoms with Crippen molar-refractivity contribution in [1.82, 2.24) is 9.97 Å². The molecule has 0 saturated carbocycles. The van der Waals surface area contributed by atoms with E-state index in [9.17, 15) is 18.0 Å². The number of imidazole rings is 1. The summed E-state index contributed by atoms with van der Waals surface area (Å²) < 4.78 is 43.4. The molecule has 0 atom stereocenters. The van der Waals surface area contributed by atoms with Crippen molar-refractivity contribution in [3.63, 3.8) is 0 Å². The maximum absolute atomic E-state index is 12.6. The highest BCUT2D eigenvalue weighted by molar-refractivity contribution is 5.96. The van der Waals surface area contributed by atoms with Crippen LogP contribution < -0.4 is 10.5 Å². The van der Waals surface area contributed by atoms with Crippen LogP contribution in [0.1, 0.15) is 15.9 Å². The Hall–Kier alpha value is -3.81. The van der Waals surface area contributed by atoms with E-state index in [1.807, 2.05) is 0 Å². The van der Waals surface area contributed by atoms with Crippen LogP contribution in [0.2, 0.25) is 0 Å². The number of carbonyl (C=O) groups excluding carboxylic acids is 1. The Balaban J connectivity index is 1.53. The molecule has 1 aromatic heterocycles. The number of benzene rings is 3. The average Bonchev–Trinajstić information content (AvgIpc) is 3.11. The smallest absolute Gasteiger partial charge is 0.416 e. The molecule has 3 aromatic carbocycles. The Bertz CT molecular complexity index is 1180. The second kappa shape index (κ2) is 6.97. The molecule has 0 bridgehead atoms. The van der Waals surface area contributed by atoms with E-state index in [-0.39, 0.29) is 0 Å². The maximum Gasteiger partial charge on any atom is 0.416 e. The monoisotopic (exact) mass is 397 g/mol. The third-order valence-electron chi connectivity index (χ3n) is 4.31. The number of nitrogens with two attached hydrogens (primary N) is 1. The van der Waals surface area contributed by atoms with Crippen LogP contribution in [0, 0.1) is 0 Å². The summed E-state index contributed by atoms with van der Waals surface area (Å²) >= 11 is 0. The summed E-state index contributed by atoms with van der Waals surface area (Å²) in [6.07, 6.45) is -4.38. The molecule has 1 heterocycles. The van der Waals surface area contributed by atoms with Gasteiger partial charge in [-0.15, -0.1) is 0 Å². The summed E-state index contributed by atoms with van der Waals surface area (Å²) in [5.41, 5.74) is 7.08. The fourth-order valence-corrected chi connectivity index (χ4v) is 2.82. The second-order valence-corrected chi connectivity index (χ2v) is 6.33. The van der Waals surface area contributed by atoms with Gasteiger partial charge in [-0.25, -0.2) is 4.98 Å². The molecule has 0 spiro atoms. The van der Waals surface area contributed by atoms with Crippen molar-refractivity contribution >= 4 is 16.9 Å². The van der Waals surface area contributed by atoms with Gasteiger partial charge in [-0.2, -0.15) is 13.2 Å². The first kappa shape index (κ1) is 18.5. The molecule has 3 N–H and O–H groups in total. The normalized spacial score (nSPS) is 11.6. The van der Waals surface area contributed by atoms with E-state index in [1.165, 1.54) is 12.1 Å². The van der Waals surface area contributed by atoms with Gasteiger partial charge in [-0.1, -0.05) is 0 Å². The molecule has 8 heteroatoms. The quantitative estimate of drug-likeness (QED) is 0.500. The summed E-state index contributed by atoms with van der Waals surface area (Å²) in [5.74, 6) is 0.845. The topological polar surface area (TPSA) is 81.0 Å². The van der Waals surface area contributed by atoms with Crippen LogP contribution in [0.3, 0.4) is 0 Å². The molecule has 0 fully saturated rings. The Morgan fingerprint density at radius 2 is 1.55 bits per heavy atom. The van der Waals surface area contributed by atoms with Gasteiger partial charge in [0.05, 0.1) is 16.6 Å². The highest BCUT2D eigenvalue weighted by Crippen LogP contribution is 2.32. The summed E-state index contributed by atoms with van der Waals surface area (Å²) in [6.45, 7) is 0. The molecular weight excluding hydrogens is 383 g/mol. The lowest BCUT2D eigenvalue weighted by atomic mass is 10.2. The minimum Gasteiger partial charge on any atom is -0.457 e. The number of amides is 1. The lowest BCUT2D eigenvalue weighted by Crippen LogP contribution is -2.10. The fraction of sp³-hybridized carbons (Fsp3) is 0.0476. The first-order valence-corrected chi connectivity index (χ1v) is 8.55. The Kier molecular flexibility index (Phi) is 4.46. The van der Waals surface area contributed by atoms with Crippen molar-refractivity contribution in [2.24, 2.45) is 5.73 Å². The number of aromatic amines is 1. The van der Waals surface area contributed by atoms with Gasteiger partial charge in [0.25, 0.3) is 0 Å². The van der Waals surface area contributed by atoms with Crippen molar-refractivity contribution in [2.75, 3.05) is 0 Å². The summed E-state index contributed by atoms with van der Waals surface area (Å²) in [4.78, 5) is 18.9. The zero-order chi connectivity index (χ0) is 20.6. The Labute approximate surface area is 162 Å². The standard InChI is InChI=1S/C21H14F3N3O2/c22-21(23,24)14-4-8-16(9-5-14)29-15-6-1-12(2-7-15)20-26-17-10-3-13(19(25)28)11-18(17)27-20/h1-11H,(H2,25,28)(H,26,27). The number of rotatable bonds is 4. The number of halogens is 3. The minimum atomic E-state index is -4.38. The number of carbonyl (C=O) groups is 1. The number of hydrogen-bond donors (Lipinski definition) is 2. The number of ether oxygens (including phenoxy) is 1. The minimum absolute atomic E-state index is 0.300. The maximum atomic E-state index is 12.6. The molecule has 146 valence electrons. The van der Waals surface area contributed by atoms with E-state index in [0.29, 0.717) is 28.4 Å². The summed E-state index contributed by atoms with van der Waals surface area (Å²) in [7, 11) is 0. The van der Waals surface area contributed by atoms with Crippen molar-refractivity contribution < 1.29 is 22.7 Å². The molecule has 1 amide bonds. The summed E-state index contributed by atoms with van der Waals surface area (Å²) in [6, 6.07) is 16.4. The van der Waals surface area contributed by atoms with Crippen LogP contribution >= 0.6 is 0 Å². The second-order valence-electron chi connectivity index (χ2n) is 6.33. The lowest BCUT2D eigenvalue weighted by molar-refractivity contribution is -0.137. The molecule has 0 aliphatic heterocycles. The number of alkyl halides is 3. The van der Waals surface area contributed by atoms with Crippen LogP contribution in [0.15, 0.2) is 66.7 Å². The molecule has 29 heavy (non-hydrogen) atoms. The largest absolute Gasteiger partial charge is 0.457 e. The van der Waals surface area contributed by atoms with E-state index in [4.69, 9.17) is 10.5 Å². The van der Waals surface area contributed by atoms with Gasteiger partial charge in [0, 0.05) is 11.1 Å². The number of nitrogens with one attached hydrogen (secondary N) is 1. The molecular formula is C21H14F3N3O2. The molecule has 0 radical (unpaired) electrons. The first-order chi connectivity index (χ1) is 13.8. The van der Waals surface area contributed by atoms with E-state index in [2.05, 4.69) is 9.97 Å². The third kappa shape index (κ3) is 3.91. The lowest BCUT2D eigenvalue weighted by Gasteiger charge is -2.09. The number of hydrogen-bond acceptors (Lipinski definition) is 3. The fourth-order valence-electron chi connectivity index (χ4n) is 2.82. The molecule has 0 aliphatic carbocycles. The van der Waals surface area contributed by atoms with Gasteiger partial charge in [-0.05, 0) is 66.7 Å². The number of H-pyrrole nitrogens is 1. The molecule has 5 nitrogen and oxygen atoms in total. The van der Waals surface area contributed by atoms with Crippen LogP contribution in [-0.2, 0) is 6.18 Å². The first-order valence-electron chi connectivity index (χ1n) is 8.55. The van der Waals surface area contributed by atoms with Crippen LogP contribution in [0.25, 0.3) is 22.4 Å². The average molecular weight is 397 g/mol. The van der Waals surface area contributed by atoms with Crippen molar-refractivity contribution in [3.8, 4) is 22.9 Å². The molecule has 4 aromatic rings. The van der Waals surface area contributed by atoms with Crippen molar-refractivity contribution in [2.45, 2.75) is 6.18 Å². The highest BCUT2D eigenvalue weighted by Gasteiger charge is 2.30. The van der Waals surface area contributed by atoms with Gasteiger partial charge < -0.3 is 15.5 Å². The molecule has 0 aliphatic rings. The molecule has 4 rings (SSSR count). The predicted molar refractivity (Wildman–Crippen MR) is 102 cm³/mol. The number of primary amides is 1. The highest BCUT2D eigenvalue weighted by atomic mass is 19.4. The number of nitrogens with zero attached hydrogens (tertiary/aromatic N) is 1. The van der Waals surface area contributed by atoms with E-state index >= 15 is 0 Å². The van der Waals surface area contributed by atoms with Crippen LogP contribution in [0.4, 0.5) is 13.2 Å². The van der Waals surface area contributed by atoms with Gasteiger partial charge in [0.2, 0.25) is 5.91 Å². The van der Waals surface area contributed by atoms with Crippen LogP contribution in [-0.4, -0.2) is 15.9 Å². The third-order valence-corrected chi connectivity index (χ3v) is 4.31. The van der Waals surface area contributed by atoms with E-state index < -0.39 is 17.6 Å².